The van der Waals surface area contributed by atoms with Crippen molar-refractivity contribution in [3.63, 3.8) is 0 Å². The van der Waals surface area contributed by atoms with E-state index in [0.717, 1.165) is 31.0 Å². The lowest BCUT2D eigenvalue weighted by molar-refractivity contribution is 0.0904. The first-order valence-electron chi connectivity index (χ1n) is 8.78. The molecule has 1 saturated heterocycles. The molecule has 1 aromatic carbocycles. The number of benzene rings is 1. The molecule has 140 valence electrons. The predicted octanol–water partition coefficient (Wildman–Crippen LogP) is 1.53. The second kappa shape index (κ2) is 9.10. The van der Waals surface area contributed by atoms with Crippen LogP contribution in [-0.2, 0) is 11.2 Å². The van der Waals surface area contributed by atoms with E-state index < -0.39 is 0 Å². The minimum Gasteiger partial charge on any atom is -0.497 e. The maximum Gasteiger partial charge on any atom is 0.407 e. The number of nitrogens with one attached hydrogen (secondary N) is 4. The number of carbonyl (C=O) groups excluding carboxylic acids is 1. The molecule has 26 heavy (non-hydrogen) atoms. The number of aromatic nitrogens is 2. The Hall–Kier alpha value is -2.74. The molecule has 0 spiro atoms. The first kappa shape index (κ1) is 18.1. The van der Waals surface area contributed by atoms with Crippen LogP contribution < -0.4 is 20.7 Å². The van der Waals surface area contributed by atoms with Gasteiger partial charge < -0.3 is 25.4 Å². The fraction of sp³-hybridized carbons (Fsp3) is 0.444. The van der Waals surface area contributed by atoms with E-state index in [0.29, 0.717) is 13.1 Å². The van der Waals surface area contributed by atoms with Crippen molar-refractivity contribution in [3.05, 3.63) is 42.1 Å². The Morgan fingerprint density at radius 1 is 1.27 bits per heavy atom. The van der Waals surface area contributed by atoms with Crippen LogP contribution in [0.5, 0.6) is 5.75 Å². The maximum atomic E-state index is 12.0. The number of methoxy groups -OCH3 is 1. The first-order chi connectivity index (χ1) is 12.7. The van der Waals surface area contributed by atoms with Gasteiger partial charge in [0.2, 0.25) is 0 Å². The highest BCUT2D eigenvalue weighted by molar-refractivity contribution is 5.67. The summed E-state index contributed by atoms with van der Waals surface area (Å²) in [6.07, 6.45) is 2.78. The Bertz CT molecular complexity index is 675. The highest BCUT2D eigenvalue weighted by atomic mass is 16.6. The van der Waals surface area contributed by atoms with Crippen molar-refractivity contribution in [2.24, 2.45) is 0 Å². The van der Waals surface area contributed by atoms with E-state index in [4.69, 9.17) is 9.47 Å². The number of ether oxygens (including phenoxy) is 2. The van der Waals surface area contributed by atoms with E-state index in [2.05, 4.69) is 26.1 Å². The smallest absolute Gasteiger partial charge is 0.407 e. The molecule has 0 bridgehead atoms. The summed E-state index contributed by atoms with van der Waals surface area (Å²) in [7, 11) is 1.65. The molecular formula is C18H25N5O3. The minimum absolute atomic E-state index is 0.122. The third-order valence-corrected chi connectivity index (χ3v) is 4.37. The topological polar surface area (TPSA) is 100 Å². The summed E-state index contributed by atoms with van der Waals surface area (Å²) in [5.74, 6) is 1.66. The Balaban J connectivity index is 1.40. The largest absolute Gasteiger partial charge is 0.497 e. The van der Waals surface area contributed by atoms with Gasteiger partial charge in [-0.25, -0.2) is 4.79 Å². The SMILES string of the molecule is COc1ccc(C[C@H]2NCCC2OC(=O)NCCNc2ccn[nH]2)cc1. The molecule has 1 aliphatic heterocycles. The van der Waals surface area contributed by atoms with E-state index in [1.54, 1.807) is 13.3 Å². The lowest BCUT2D eigenvalue weighted by Crippen LogP contribution is -2.39. The van der Waals surface area contributed by atoms with E-state index in [1.165, 1.54) is 5.56 Å². The molecule has 1 amide bonds. The van der Waals surface area contributed by atoms with Crippen LogP contribution in [0.15, 0.2) is 36.5 Å². The average molecular weight is 359 g/mol. The molecule has 1 aromatic heterocycles. The van der Waals surface area contributed by atoms with Gasteiger partial charge in [-0.05, 0) is 43.1 Å². The lowest BCUT2D eigenvalue weighted by atomic mass is 10.0. The highest BCUT2D eigenvalue weighted by Gasteiger charge is 2.30. The summed E-state index contributed by atoms with van der Waals surface area (Å²) in [5, 5.41) is 15.9. The quantitative estimate of drug-likeness (QED) is 0.534. The first-order valence-corrected chi connectivity index (χ1v) is 8.78. The van der Waals surface area contributed by atoms with Gasteiger partial charge in [0.25, 0.3) is 0 Å². The van der Waals surface area contributed by atoms with Crippen LogP contribution >= 0.6 is 0 Å². The lowest BCUT2D eigenvalue weighted by Gasteiger charge is -2.20. The summed E-state index contributed by atoms with van der Waals surface area (Å²) in [6, 6.07) is 9.91. The molecule has 4 N–H and O–H groups in total. The molecule has 0 radical (unpaired) electrons. The number of aromatic amines is 1. The number of amides is 1. The van der Waals surface area contributed by atoms with Crippen LogP contribution in [0.25, 0.3) is 0 Å². The van der Waals surface area contributed by atoms with Gasteiger partial charge in [0.05, 0.1) is 13.3 Å². The van der Waals surface area contributed by atoms with Crippen LogP contribution in [0, 0.1) is 0 Å². The summed E-state index contributed by atoms with van der Waals surface area (Å²) in [6.45, 7) is 1.91. The number of nitrogens with zero attached hydrogens (tertiary/aromatic N) is 1. The Labute approximate surface area is 152 Å². The number of rotatable bonds is 8. The number of H-pyrrole nitrogens is 1. The van der Waals surface area contributed by atoms with Crippen LogP contribution in [0.4, 0.5) is 10.6 Å². The van der Waals surface area contributed by atoms with Crippen molar-refractivity contribution in [3.8, 4) is 5.75 Å². The summed E-state index contributed by atoms with van der Waals surface area (Å²) in [5.41, 5.74) is 1.18. The van der Waals surface area contributed by atoms with Crippen molar-refractivity contribution < 1.29 is 14.3 Å². The highest BCUT2D eigenvalue weighted by Crippen LogP contribution is 2.18. The van der Waals surface area contributed by atoms with Gasteiger partial charge in [-0.1, -0.05) is 12.1 Å². The second-order valence-corrected chi connectivity index (χ2v) is 6.17. The van der Waals surface area contributed by atoms with E-state index in [1.807, 2.05) is 30.3 Å². The van der Waals surface area contributed by atoms with Crippen molar-refractivity contribution in [1.82, 2.24) is 20.8 Å². The number of hydrogen-bond donors (Lipinski definition) is 4. The van der Waals surface area contributed by atoms with Crippen molar-refractivity contribution in [1.29, 1.82) is 0 Å². The zero-order valence-corrected chi connectivity index (χ0v) is 14.8. The van der Waals surface area contributed by atoms with Crippen molar-refractivity contribution in [2.75, 3.05) is 32.1 Å². The number of anilines is 1. The molecule has 2 atom stereocenters. The summed E-state index contributed by atoms with van der Waals surface area (Å²) >= 11 is 0. The molecule has 0 saturated carbocycles. The Kier molecular flexibility index (Phi) is 6.32. The normalized spacial score (nSPS) is 19.1. The monoisotopic (exact) mass is 359 g/mol. The molecule has 2 aromatic rings. The van der Waals surface area contributed by atoms with Crippen LogP contribution in [-0.4, -0.2) is 55.2 Å². The van der Waals surface area contributed by atoms with Gasteiger partial charge in [-0.3, -0.25) is 5.10 Å². The van der Waals surface area contributed by atoms with Crippen LogP contribution in [0.2, 0.25) is 0 Å². The zero-order chi connectivity index (χ0) is 18.2. The Morgan fingerprint density at radius 3 is 2.85 bits per heavy atom. The van der Waals surface area contributed by atoms with E-state index in [9.17, 15) is 4.79 Å². The number of carbonyl (C=O) groups is 1. The standard InChI is InChI=1S/C18H25N5O3/c1-25-14-4-2-13(3-5-14)12-15-16(6-8-19-15)26-18(24)21-11-10-20-17-7-9-22-23-17/h2-5,7,9,15-16,19H,6,8,10-12H2,1H3,(H,21,24)(H2,20,22,23)/t15-,16?/m1/s1. The van der Waals surface area contributed by atoms with E-state index in [-0.39, 0.29) is 18.2 Å². The maximum absolute atomic E-state index is 12.0. The van der Waals surface area contributed by atoms with Gasteiger partial charge in [0.1, 0.15) is 17.7 Å². The number of alkyl carbamates (subject to hydrolysis) is 1. The Morgan fingerprint density at radius 2 is 2.12 bits per heavy atom. The fourth-order valence-electron chi connectivity index (χ4n) is 3.00. The van der Waals surface area contributed by atoms with Crippen LogP contribution in [0.1, 0.15) is 12.0 Å². The zero-order valence-electron chi connectivity index (χ0n) is 14.8. The molecule has 3 rings (SSSR count). The molecule has 1 aliphatic rings. The fourth-order valence-corrected chi connectivity index (χ4v) is 3.00. The molecule has 8 nitrogen and oxygen atoms in total. The van der Waals surface area contributed by atoms with Crippen molar-refractivity contribution in [2.45, 2.75) is 25.0 Å². The van der Waals surface area contributed by atoms with Gasteiger partial charge in [-0.15, -0.1) is 0 Å². The molecular weight excluding hydrogens is 334 g/mol. The third-order valence-electron chi connectivity index (χ3n) is 4.37. The molecule has 0 aliphatic carbocycles. The van der Waals surface area contributed by atoms with Crippen molar-refractivity contribution >= 4 is 11.9 Å². The molecule has 1 unspecified atom stereocenters. The minimum atomic E-state index is -0.384. The molecule has 2 heterocycles. The predicted molar refractivity (Wildman–Crippen MR) is 98.5 cm³/mol. The molecule has 1 fully saturated rings. The second-order valence-electron chi connectivity index (χ2n) is 6.17. The van der Waals surface area contributed by atoms with Gasteiger partial charge in [0, 0.05) is 19.1 Å². The average Bonchev–Trinajstić information content (AvgIpc) is 3.32. The summed E-state index contributed by atoms with van der Waals surface area (Å²) in [4.78, 5) is 12.0. The summed E-state index contributed by atoms with van der Waals surface area (Å²) < 4.78 is 10.8. The van der Waals surface area contributed by atoms with Crippen LogP contribution in [0.3, 0.4) is 0 Å². The number of hydrogen-bond acceptors (Lipinski definition) is 6. The van der Waals surface area contributed by atoms with E-state index >= 15 is 0 Å². The third kappa shape index (κ3) is 5.13. The van der Waals surface area contributed by atoms with Gasteiger partial charge in [-0.2, -0.15) is 5.10 Å². The van der Waals surface area contributed by atoms with Gasteiger partial charge >= 0.3 is 6.09 Å². The van der Waals surface area contributed by atoms with Gasteiger partial charge in [0.15, 0.2) is 0 Å². The molecule has 8 heteroatoms.